The highest BCUT2D eigenvalue weighted by molar-refractivity contribution is 7.91. The fourth-order valence-corrected chi connectivity index (χ4v) is 3.14. The number of hydrogen-bond acceptors (Lipinski definition) is 5. The van der Waals surface area contributed by atoms with Gasteiger partial charge in [-0.2, -0.15) is 5.26 Å². The van der Waals surface area contributed by atoms with E-state index in [4.69, 9.17) is 9.68 Å². The van der Waals surface area contributed by atoms with Crippen molar-refractivity contribution in [3.8, 4) is 6.07 Å². The maximum Gasteiger partial charge on any atom is 0.179 e. The van der Waals surface area contributed by atoms with E-state index in [-0.39, 0.29) is 16.7 Å². The zero-order chi connectivity index (χ0) is 15.3. The molecule has 1 heterocycles. The van der Waals surface area contributed by atoms with Crippen LogP contribution in [0.5, 0.6) is 0 Å². The van der Waals surface area contributed by atoms with Crippen molar-refractivity contribution < 1.29 is 12.8 Å². The summed E-state index contributed by atoms with van der Waals surface area (Å²) in [6.07, 6.45) is 1.58. The Bertz CT molecular complexity index is 731. The average Bonchev–Trinajstić information content (AvgIpc) is 3.01. The van der Waals surface area contributed by atoms with Gasteiger partial charge in [-0.15, -0.1) is 0 Å². The molecule has 0 aliphatic rings. The first-order chi connectivity index (χ1) is 10.0. The molecule has 0 amide bonds. The van der Waals surface area contributed by atoms with Crippen LogP contribution in [0.3, 0.4) is 0 Å². The van der Waals surface area contributed by atoms with Gasteiger partial charge < -0.3 is 9.73 Å². The number of sulfone groups is 1. The van der Waals surface area contributed by atoms with E-state index in [1.165, 1.54) is 12.1 Å². The number of hydrogen-bond donors (Lipinski definition) is 1. The number of nitrogens with zero attached hydrogens (tertiary/aromatic N) is 1. The topological polar surface area (TPSA) is 83.1 Å². The lowest BCUT2D eigenvalue weighted by Gasteiger charge is -2.11. The largest absolute Gasteiger partial charge is 0.468 e. The molecule has 0 saturated heterocycles. The molecule has 2 rings (SSSR count). The quantitative estimate of drug-likeness (QED) is 0.885. The van der Waals surface area contributed by atoms with Crippen molar-refractivity contribution >= 4 is 9.84 Å². The molecule has 1 aromatic heterocycles. The van der Waals surface area contributed by atoms with E-state index in [0.717, 1.165) is 5.76 Å². The molecule has 0 spiro atoms. The Morgan fingerprint density at radius 1 is 1.33 bits per heavy atom. The molecule has 2 aromatic rings. The van der Waals surface area contributed by atoms with Crippen molar-refractivity contribution in [3.63, 3.8) is 0 Å². The lowest BCUT2D eigenvalue weighted by Crippen LogP contribution is -2.25. The first-order valence-electron chi connectivity index (χ1n) is 6.52. The van der Waals surface area contributed by atoms with Crippen molar-refractivity contribution in [2.75, 3.05) is 12.3 Å². The van der Waals surface area contributed by atoms with Gasteiger partial charge in [-0.25, -0.2) is 8.42 Å². The second-order valence-electron chi connectivity index (χ2n) is 4.65. The van der Waals surface area contributed by atoms with Gasteiger partial charge in [-0.05, 0) is 37.3 Å². The molecule has 6 heteroatoms. The van der Waals surface area contributed by atoms with Crippen LogP contribution in [0.1, 0.15) is 24.3 Å². The predicted octanol–water partition coefficient (Wildman–Crippen LogP) is 2.28. The van der Waals surface area contributed by atoms with Crippen molar-refractivity contribution in [1.82, 2.24) is 5.32 Å². The molecule has 0 aliphatic heterocycles. The van der Waals surface area contributed by atoms with Gasteiger partial charge in [0.1, 0.15) is 5.76 Å². The number of furan rings is 1. The minimum atomic E-state index is -3.40. The maximum atomic E-state index is 12.2. The second kappa shape index (κ2) is 6.57. The molecular formula is C15H16N2O3S. The Morgan fingerprint density at radius 2 is 2.14 bits per heavy atom. The van der Waals surface area contributed by atoms with E-state index in [0.29, 0.717) is 12.1 Å². The van der Waals surface area contributed by atoms with Crippen molar-refractivity contribution in [1.29, 1.82) is 5.26 Å². The molecule has 0 saturated carbocycles. The van der Waals surface area contributed by atoms with Crippen LogP contribution in [0.2, 0.25) is 0 Å². The Morgan fingerprint density at radius 3 is 2.81 bits per heavy atom. The zero-order valence-electron chi connectivity index (χ0n) is 11.6. The number of nitriles is 1. The number of nitrogens with one attached hydrogen (secondary N) is 1. The van der Waals surface area contributed by atoms with Crippen molar-refractivity contribution in [3.05, 3.63) is 54.0 Å². The zero-order valence-corrected chi connectivity index (χ0v) is 12.4. The Balaban J connectivity index is 1.97. The fraction of sp³-hybridized carbons (Fsp3) is 0.267. The van der Waals surface area contributed by atoms with Crippen molar-refractivity contribution in [2.45, 2.75) is 17.9 Å². The van der Waals surface area contributed by atoms with E-state index in [1.807, 2.05) is 19.1 Å². The summed E-state index contributed by atoms with van der Waals surface area (Å²) < 4.78 is 29.6. The third kappa shape index (κ3) is 3.94. The van der Waals surface area contributed by atoms with E-state index < -0.39 is 9.84 Å². The number of rotatable bonds is 6. The highest BCUT2D eigenvalue weighted by Gasteiger charge is 2.16. The molecule has 1 unspecified atom stereocenters. The van der Waals surface area contributed by atoms with Gasteiger partial charge in [0.2, 0.25) is 0 Å². The summed E-state index contributed by atoms with van der Waals surface area (Å²) in [4.78, 5) is 0.175. The van der Waals surface area contributed by atoms with Gasteiger partial charge >= 0.3 is 0 Å². The SMILES string of the molecule is CC(NCCS(=O)(=O)c1cccc(C#N)c1)c1ccco1. The molecule has 0 bridgehead atoms. The summed E-state index contributed by atoms with van der Waals surface area (Å²) in [7, 11) is -3.40. The molecular weight excluding hydrogens is 288 g/mol. The van der Waals surface area contributed by atoms with Crippen LogP contribution >= 0.6 is 0 Å². The lowest BCUT2D eigenvalue weighted by atomic mass is 10.2. The Kier molecular flexibility index (Phi) is 4.78. The normalized spacial score (nSPS) is 12.8. The van der Waals surface area contributed by atoms with Gasteiger partial charge in [0.05, 0.1) is 34.6 Å². The molecule has 0 fully saturated rings. The van der Waals surface area contributed by atoms with Gasteiger partial charge in [-0.3, -0.25) is 0 Å². The summed E-state index contributed by atoms with van der Waals surface area (Å²) >= 11 is 0. The summed E-state index contributed by atoms with van der Waals surface area (Å²) in [6.45, 7) is 2.21. The van der Waals surface area contributed by atoms with Gasteiger partial charge in [0.15, 0.2) is 9.84 Å². The first kappa shape index (κ1) is 15.3. The van der Waals surface area contributed by atoms with Gasteiger partial charge in [0, 0.05) is 6.54 Å². The molecule has 0 aliphatic carbocycles. The van der Waals surface area contributed by atoms with E-state index in [1.54, 1.807) is 24.5 Å². The van der Waals surface area contributed by atoms with Crippen LogP contribution < -0.4 is 5.32 Å². The average molecular weight is 304 g/mol. The minimum Gasteiger partial charge on any atom is -0.468 e. The third-order valence-electron chi connectivity index (χ3n) is 3.11. The van der Waals surface area contributed by atoms with Crippen LogP contribution in [0.4, 0.5) is 0 Å². The highest BCUT2D eigenvalue weighted by Crippen LogP contribution is 2.14. The van der Waals surface area contributed by atoms with Crippen LogP contribution in [0, 0.1) is 11.3 Å². The summed E-state index contributed by atoms with van der Waals surface area (Å²) in [5, 5.41) is 11.9. The van der Waals surface area contributed by atoms with Crippen LogP contribution in [-0.2, 0) is 9.84 Å². The Labute approximate surface area is 124 Å². The second-order valence-corrected chi connectivity index (χ2v) is 6.76. The molecule has 0 radical (unpaired) electrons. The highest BCUT2D eigenvalue weighted by atomic mass is 32.2. The van der Waals surface area contributed by atoms with Crippen LogP contribution in [0.25, 0.3) is 0 Å². The molecule has 5 nitrogen and oxygen atoms in total. The predicted molar refractivity (Wildman–Crippen MR) is 78.3 cm³/mol. The smallest absolute Gasteiger partial charge is 0.179 e. The molecule has 1 N–H and O–H groups in total. The van der Waals surface area contributed by atoms with E-state index >= 15 is 0 Å². The fourth-order valence-electron chi connectivity index (χ4n) is 1.92. The van der Waals surface area contributed by atoms with Crippen LogP contribution in [-0.4, -0.2) is 20.7 Å². The van der Waals surface area contributed by atoms with Gasteiger partial charge in [0.25, 0.3) is 0 Å². The standard InChI is InChI=1S/C15H16N2O3S/c1-12(15-6-3-8-20-15)17-7-9-21(18,19)14-5-2-4-13(10-14)11-16/h2-6,8,10,12,17H,7,9H2,1H3. The van der Waals surface area contributed by atoms with Crippen molar-refractivity contribution in [2.24, 2.45) is 0 Å². The monoisotopic (exact) mass is 304 g/mol. The van der Waals surface area contributed by atoms with Gasteiger partial charge in [-0.1, -0.05) is 6.07 Å². The maximum absolute atomic E-state index is 12.2. The molecule has 1 aromatic carbocycles. The molecule has 110 valence electrons. The molecule has 1 atom stereocenters. The first-order valence-corrected chi connectivity index (χ1v) is 8.18. The van der Waals surface area contributed by atoms with E-state index in [9.17, 15) is 8.42 Å². The number of benzene rings is 1. The Hall–Kier alpha value is -2.10. The summed E-state index contributed by atoms with van der Waals surface area (Å²) in [6, 6.07) is 11.6. The van der Waals surface area contributed by atoms with E-state index in [2.05, 4.69) is 5.32 Å². The summed E-state index contributed by atoms with van der Waals surface area (Å²) in [5.74, 6) is 0.728. The third-order valence-corrected chi connectivity index (χ3v) is 4.83. The summed E-state index contributed by atoms with van der Waals surface area (Å²) in [5.41, 5.74) is 0.341. The minimum absolute atomic E-state index is 0.0348. The molecule has 21 heavy (non-hydrogen) atoms. The van der Waals surface area contributed by atoms with Crippen LogP contribution in [0.15, 0.2) is 52.0 Å². The lowest BCUT2D eigenvalue weighted by molar-refractivity contribution is 0.437.